The molecule has 0 aliphatic carbocycles. The van der Waals surface area contributed by atoms with E-state index in [1.165, 1.54) is 0 Å². The Morgan fingerprint density at radius 1 is 1.43 bits per heavy atom. The molecule has 120 valence electrons. The van der Waals surface area contributed by atoms with Crippen LogP contribution in [-0.4, -0.2) is 39.3 Å². The predicted molar refractivity (Wildman–Crippen MR) is 80.7 cm³/mol. The highest BCUT2D eigenvalue weighted by atomic mass is 16.6. The first-order valence-electron chi connectivity index (χ1n) is 7.23. The Bertz CT molecular complexity index is 450. The first kappa shape index (κ1) is 17.4. The number of carbonyl (C=O) groups excluding carboxylic acids is 1. The zero-order valence-corrected chi connectivity index (χ0v) is 13.8. The van der Waals surface area contributed by atoms with E-state index in [1.807, 2.05) is 27.8 Å². The van der Waals surface area contributed by atoms with E-state index in [0.29, 0.717) is 19.0 Å². The third-order valence-corrected chi connectivity index (χ3v) is 3.02. The smallest absolute Gasteiger partial charge is 0.407 e. The summed E-state index contributed by atoms with van der Waals surface area (Å²) in [6.45, 7) is 10.9. The third kappa shape index (κ3) is 6.57. The molecule has 1 aromatic heterocycles. The molecule has 7 heteroatoms. The first-order chi connectivity index (χ1) is 9.69. The summed E-state index contributed by atoms with van der Waals surface area (Å²) in [7, 11) is 1.85. The van der Waals surface area contributed by atoms with Crippen molar-refractivity contribution >= 4 is 6.09 Å². The molecule has 0 aromatic carbocycles. The summed E-state index contributed by atoms with van der Waals surface area (Å²) < 4.78 is 6.96. The standard InChI is InChI=1S/C14H27N5O2/c1-10(2)12(9-16-13(20)21-14(3,4)5)15-7-11-8-17-18-19(11)6/h8,10,12,15H,7,9H2,1-6H3,(H,16,20). The summed E-state index contributed by atoms with van der Waals surface area (Å²) in [5.41, 5.74) is 0.517. The van der Waals surface area contributed by atoms with E-state index in [0.717, 1.165) is 5.69 Å². The van der Waals surface area contributed by atoms with Gasteiger partial charge in [-0.1, -0.05) is 19.1 Å². The van der Waals surface area contributed by atoms with Gasteiger partial charge in [-0.05, 0) is 26.7 Å². The number of aryl methyl sites for hydroxylation is 1. The zero-order chi connectivity index (χ0) is 16.0. The molecule has 0 aliphatic rings. The van der Waals surface area contributed by atoms with Gasteiger partial charge in [-0.15, -0.1) is 5.10 Å². The normalized spacial score (nSPS) is 13.3. The third-order valence-electron chi connectivity index (χ3n) is 3.02. The fraction of sp³-hybridized carbons (Fsp3) is 0.786. The Balaban J connectivity index is 2.43. The number of alkyl carbamates (subject to hydrolysis) is 1. The van der Waals surface area contributed by atoms with Crippen LogP contribution in [0.1, 0.15) is 40.3 Å². The molecule has 0 saturated carbocycles. The highest BCUT2D eigenvalue weighted by Crippen LogP contribution is 2.07. The number of amides is 1. The van der Waals surface area contributed by atoms with Crippen LogP contribution in [0.2, 0.25) is 0 Å². The minimum absolute atomic E-state index is 0.146. The van der Waals surface area contributed by atoms with Gasteiger partial charge in [-0.2, -0.15) is 0 Å². The van der Waals surface area contributed by atoms with Gasteiger partial charge < -0.3 is 15.4 Å². The fourth-order valence-corrected chi connectivity index (χ4v) is 1.76. The lowest BCUT2D eigenvalue weighted by atomic mass is 10.0. The van der Waals surface area contributed by atoms with Crippen molar-refractivity contribution in [1.29, 1.82) is 0 Å². The fourth-order valence-electron chi connectivity index (χ4n) is 1.76. The van der Waals surface area contributed by atoms with Crippen LogP contribution < -0.4 is 10.6 Å². The van der Waals surface area contributed by atoms with Gasteiger partial charge in [0.05, 0.1) is 11.9 Å². The van der Waals surface area contributed by atoms with E-state index in [-0.39, 0.29) is 6.04 Å². The van der Waals surface area contributed by atoms with E-state index >= 15 is 0 Å². The van der Waals surface area contributed by atoms with E-state index in [9.17, 15) is 4.79 Å². The largest absolute Gasteiger partial charge is 0.444 e. The molecule has 1 heterocycles. The number of carbonyl (C=O) groups is 1. The molecule has 1 unspecified atom stereocenters. The van der Waals surface area contributed by atoms with Crippen LogP contribution >= 0.6 is 0 Å². The highest BCUT2D eigenvalue weighted by molar-refractivity contribution is 5.67. The van der Waals surface area contributed by atoms with Crippen LogP contribution in [0.25, 0.3) is 0 Å². The van der Waals surface area contributed by atoms with E-state index in [4.69, 9.17) is 4.74 Å². The summed E-state index contributed by atoms with van der Waals surface area (Å²) in [6, 6.07) is 0.146. The molecule has 1 rings (SSSR count). The van der Waals surface area contributed by atoms with E-state index in [2.05, 4.69) is 34.8 Å². The lowest BCUT2D eigenvalue weighted by Gasteiger charge is -2.24. The Morgan fingerprint density at radius 3 is 2.57 bits per heavy atom. The van der Waals surface area contributed by atoms with Crippen molar-refractivity contribution in [1.82, 2.24) is 25.6 Å². The van der Waals surface area contributed by atoms with E-state index < -0.39 is 11.7 Å². The van der Waals surface area contributed by atoms with Crippen LogP contribution in [0, 0.1) is 5.92 Å². The quantitative estimate of drug-likeness (QED) is 0.830. The van der Waals surface area contributed by atoms with Crippen molar-refractivity contribution in [2.75, 3.05) is 6.54 Å². The van der Waals surface area contributed by atoms with Crippen LogP contribution in [0.15, 0.2) is 6.20 Å². The van der Waals surface area contributed by atoms with Crippen LogP contribution in [0.3, 0.4) is 0 Å². The average molecular weight is 297 g/mol. The predicted octanol–water partition coefficient (Wildman–Crippen LogP) is 1.45. The molecule has 0 radical (unpaired) electrons. The number of nitrogens with zero attached hydrogens (tertiary/aromatic N) is 3. The zero-order valence-electron chi connectivity index (χ0n) is 13.8. The second kappa shape index (κ2) is 7.40. The topological polar surface area (TPSA) is 81.1 Å². The van der Waals surface area contributed by atoms with Gasteiger partial charge in [-0.25, -0.2) is 4.79 Å². The molecule has 1 aromatic rings. The average Bonchev–Trinajstić information content (AvgIpc) is 2.72. The van der Waals surface area contributed by atoms with Crippen molar-refractivity contribution in [3.05, 3.63) is 11.9 Å². The Hall–Kier alpha value is -1.63. The second-order valence-corrected chi connectivity index (χ2v) is 6.46. The molecule has 0 saturated heterocycles. The van der Waals surface area contributed by atoms with Gasteiger partial charge in [0, 0.05) is 26.2 Å². The molecule has 1 amide bonds. The van der Waals surface area contributed by atoms with Gasteiger partial charge >= 0.3 is 6.09 Å². The lowest BCUT2D eigenvalue weighted by Crippen LogP contribution is -2.45. The number of hydrogen-bond acceptors (Lipinski definition) is 5. The van der Waals surface area contributed by atoms with Crippen LogP contribution in [0.5, 0.6) is 0 Å². The molecule has 2 N–H and O–H groups in total. The maximum Gasteiger partial charge on any atom is 0.407 e. The molecule has 0 aliphatic heterocycles. The van der Waals surface area contributed by atoms with Gasteiger partial charge in [0.25, 0.3) is 0 Å². The second-order valence-electron chi connectivity index (χ2n) is 6.46. The molecule has 0 spiro atoms. The molecule has 1 atom stereocenters. The van der Waals surface area contributed by atoms with Crippen molar-refractivity contribution in [2.45, 2.75) is 52.8 Å². The summed E-state index contributed by atoms with van der Waals surface area (Å²) in [6.07, 6.45) is 1.34. The highest BCUT2D eigenvalue weighted by Gasteiger charge is 2.19. The molecule has 0 bridgehead atoms. The summed E-state index contributed by atoms with van der Waals surface area (Å²) >= 11 is 0. The summed E-state index contributed by atoms with van der Waals surface area (Å²) in [5, 5.41) is 13.9. The Labute approximate surface area is 126 Å². The first-order valence-corrected chi connectivity index (χ1v) is 7.23. The summed E-state index contributed by atoms with van der Waals surface area (Å²) in [4.78, 5) is 11.7. The van der Waals surface area contributed by atoms with Crippen molar-refractivity contribution in [3.8, 4) is 0 Å². The summed E-state index contributed by atoms with van der Waals surface area (Å²) in [5.74, 6) is 0.376. The lowest BCUT2D eigenvalue weighted by molar-refractivity contribution is 0.0519. The maximum absolute atomic E-state index is 11.7. The maximum atomic E-state index is 11.7. The number of hydrogen-bond donors (Lipinski definition) is 2. The minimum Gasteiger partial charge on any atom is -0.444 e. The van der Waals surface area contributed by atoms with Gasteiger partial charge in [-0.3, -0.25) is 4.68 Å². The van der Waals surface area contributed by atoms with Crippen molar-refractivity contribution < 1.29 is 9.53 Å². The number of nitrogens with one attached hydrogen (secondary N) is 2. The van der Waals surface area contributed by atoms with Gasteiger partial charge in [0.1, 0.15) is 5.60 Å². The molecule has 7 nitrogen and oxygen atoms in total. The number of aromatic nitrogens is 3. The number of rotatable bonds is 6. The SMILES string of the molecule is CC(C)C(CNC(=O)OC(C)(C)C)NCc1cnnn1C. The molecular formula is C14H27N5O2. The van der Waals surface area contributed by atoms with Gasteiger partial charge in [0.15, 0.2) is 0 Å². The molecular weight excluding hydrogens is 270 g/mol. The van der Waals surface area contributed by atoms with Crippen molar-refractivity contribution in [3.63, 3.8) is 0 Å². The van der Waals surface area contributed by atoms with E-state index in [1.54, 1.807) is 10.9 Å². The minimum atomic E-state index is -0.481. The molecule has 21 heavy (non-hydrogen) atoms. The van der Waals surface area contributed by atoms with Gasteiger partial charge in [0.2, 0.25) is 0 Å². The number of ether oxygens (including phenoxy) is 1. The monoisotopic (exact) mass is 297 g/mol. The Morgan fingerprint density at radius 2 is 2.10 bits per heavy atom. The van der Waals surface area contributed by atoms with Crippen LogP contribution in [-0.2, 0) is 18.3 Å². The van der Waals surface area contributed by atoms with Crippen molar-refractivity contribution in [2.24, 2.45) is 13.0 Å². The van der Waals surface area contributed by atoms with Crippen LogP contribution in [0.4, 0.5) is 4.79 Å². The molecule has 0 fully saturated rings. The Kier molecular flexibility index (Phi) is 6.14.